The minimum absolute atomic E-state index is 0.0158. The van der Waals surface area contributed by atoms with Gasteiger partial charge in [-0.15, -0.1) is 0 Å². The number of carbonyl (C=O) groups excluding carboxylic acids is 4. The molecule has 0 bridgehead atoms. The maximum atomic E-state index is 13.2. The van der Waals surface area contributed by atoms with E-state index in [9.17, 15) is 19.2 Å². The van der Waals surface area contributed by atoms with E-state index in [1.807, 2.05) is 86.5 Å². The third-order valence-corrected chi connectivity index (χ3v) is 8.19. The van der Waals surface area contributed by atoms with Crippen molar-refractivity contribution in [3.05, 3.63) is 178 Å². The second kappa shape index (κ2) is 19.5. The summed E-state index contributed by atoms with van der Waals surface area (Å²) in [6.07, 6.45) is 6.08. The van der Waals surface area contributed by atoms with Crippen molar-refractivity contribution in [1.29, 1.82) is 0 Å². The van der Waals surface area contributed by atoms with Gasteiger partial charge in [-0.3, -0.25) is 19.2 Å². The number of rotatable bonds is 14. The summed E-state index contributed by atoms with van der Waals surface area (Å²) < 4.78 is 0. The number of carbonyl (C=O) groups is 4. The van der Waals surface area contributed by atoms with Crippen molar-refractivity contribution in [2.45, 2.75) is 0 Å². The zero-order chi connectivity index (χ0) is 39.9. The average Bonchev–Trinajstić information content (AvgIpc) is 3.21. The SMILES string of the molecule is CN(C)c1ccc(/C=C(/NC(=O)c2ccccc2)C(=O)N/N=C\c2ccc(/C=N/NC(=O)/C(=C\c3ccc(N(C)C)cc3)NC(=O)c3ccccc3)cc2)cc1. The Morgan fingerprint density at radius 3 is 1.09 bits per heavy atom. The highest BCUT2D eigenvalue weighted by Gasteiger charge is 2.16. The Morgan fingerprint density at radius 1 is 0.446 bits per heavy atom. The first-order chi connectivity index (χ1) is 27.0. The van der Waals surface area contributed by atoms with Crippen LogP contribution in [0.15, 0.2) is 155 Å². The molecule has 0 aliphatic heterocycles. The maximum Gasteiger partial charge on any atom is 0.287 e. The lowest BCUT2D eigenvalue weighted by Crippen LogP contribution is -2.32. The summed E-state index contributed by atoms with van der Waals surface area (Å²) in [4.78, 5) is 56.2. The molecule has 0 saturated carbocycles. The monoisotopic (exact) mass is 746 g/mol. The molecule has 5 aromatic carbocycles. The number of hydrogen-bond donors (Lipinski definition) is 4. The van der Waals surface area contributed by atoms with Crippen molar-refractivity contribution >= 4 is 59.6 Å². The second-order valence-electron chi connectivity index (χ2n) is 12.8. The molecule has 4 amide bonds. The van der Waals surface area contributed by atoms with E-state index in [1.54, 1.807) is 97.1 Å². The average molecular weight is 747 g/mol. The van der Waals surface area contributed by atoms with E-state index < -0.39 is 23.6 Å². The standard InChI is InChI=1S/C44H42N8O4/c1-51(2)37-23-19-31(20-24-37)27-39(47-41(53)35-11-7-5-8-12-35)43(55)49-45-29-33-15-17-34(18-16-33)30-46-50-44(56)40(48-42(54)36-13-9-6-10-14-36)28-32-21-25-38(26-22-32)52(3)4/h5-30H,1-4H3,(H,47,53)(H,48,54)(H,49,55)(H,50,56)/b39-27+,40-28+,45-29-,46-30+. The van der Waals surface area contributed by atoms with Crippen LogP contribution in [0.4, 0.5) is 11.4 Å². The summed E-state index contributed by atoms with van der Waals surface area (Å²) in [6.45, 7) is 0. The molecule has 0 radical (unpaired) electrons. The molecule has 0 heterocycles. The minimum Gasteiger partial charge on any atom is -0.378 e. The second-order valence-corrected chi connectivity index (χ2v) is 12.8. The first-order valence-electron chi connectivity index (χ1n) is 17.5. The Hall–Kier alpha value is -7.60. The van der Waals surface area contributed by atoms with E-state index in [1.165, 1.54) is 12.4 Å². The Morgan fingerprint density at radius 2 is 0.768 bits per heavy atom. The molecule has 0 aliphatic rings. The van der Waals surface area contributed by atoms with Crippen LogP contribution in [0.25, 0.3) is 12.2 Å². The number of anilines is 2. The molecule has 5 rings (SSSR count). The summed E-state index contributed by atoms with van der Waals surface area (Å²) in [7, 11) is 7.73. The van der Waals surface area contributed by atoms with Crippen LogP contribution in [0.1, 0.15) is 43.0 Å². The number of nitrogens with zero attached hydrogens (tertiary/aromatic N) is 4. The zero-order valence-corrected chi connectivity index (χ0v) is 31.4. The number of hydrogen-bond acceptors (Lipinski definition) is 8. The van der Waals surface area contributed by atoms with E-state index in [4.69, 9.17) is 0 Å². The van der Waals surface area contributed by atoms with Crippen LogP contribution in [0, 0.1) is 0 Å². The van der Waals surface area contributed by atoms with Crippen molar-refractivity contribution in [3.8, 4) is 0 Å². The van der Waals surface area contributed by atoms with Gasteiger partial charge in [-0.2, -0.15) is 10.2 Å². The predicted octanol–water partition coefficient (Wildman–Crippen LogP) is 5.66. The molecule has 0 saturated heterocycles. The van der Waals surface area contributed by atoms with E-state index in [0.29, 0.717) is 33.4 Å². The highest BCUT2D eigenvalue weighted by molar-refractivity contribution is 6.06. The Kier molecular flexibility index (Phi) is 13.8. The van der Waals surface area contributed by atoms with Crippen molar-refractivity contribution in [1.82, 2.24) is 21.5 Å². The van der Waals surface area contributed by atoms with Crippen LogP contribution < -0.4 is 31.3 Å². The predicted molar refractivity (Wildman–Crippen MR) is 223 cm³/mol. The largest absolute Gasteiger partial charge is 0.378 e. The van der Waals surface area contributed by atoms with Gasteiger partial charge < -0.3 is 20.4 Å². The quantitative estimate of drug-likeness (QED) is 0.0656. The van der Waals surface area contributed by atoms with Gasteiger partial charge in [0.1, 0.15) is 11.4 Å². The fourth-order valence-electron chi connectivity index (χ4n) is 5.07. The van der Waals surface area contributed by atoms with Gasteiger partial charge in [0, 0.05) is 50.7 Å². The van der Waals surface area contributed by atoms with Crippen LogP contribution in [-0.2, 0) is 9.59 Å². The summed E-state index contributed by atoms with van der Waals surface area (Å²) in [5.74, 6) is -2.09. The van der Waals surface area contributed by atoms with Gasteiger partial charge in [0.15, 0.2) is 0 Å². The van der Waals surface area contributed by atoms with Gasteiger partial charge in [0.25, 0.3) is 23.6 Å². The van der Waals surface area contributed by atoms with Gasteiger partial charge in [0.05, 0.1) is 12.4 Å². The molecule has 0 fully saturated rings. The minimum atomic E-state index is -0.610. The van der Waals surface area contributed by atoms with Crippen molar-refractivity contribution < 1.29 is 19.2 Å². The summed E-state index contributed by atoms with van der Waals surface area (Å²) >= 11 is 0. The fraction of sp³-hybridized carbons (Fsp3) is 0.0909. The van der Waals surface area contributed by atoms with Crippen LogP contribution in [0.3, 0.4) is 0 Å². The molecule has 282 valence electrons. The van der Waals surface area contributed by atoms with Crippen molar-refractivity contribution in [3.63, 3.8) is 0 Å². The molecule has 12 heteroatoms. The molecule has 0 aromatic heterocycles. The van der Waals surface area contributed by atoms with Crippen molar-refractivity contribution in [2.24, 2.45) is 10.2 Å². The smallest absolute Gasteiger partial charge is 0.287 e. The van der Waals surface area contributed by atoms with Crippen LogP contribution in [-0.4, -0.2) is 64.2 Å². The molecule has 5 aromatic rings. The Balaban J connectivity index is 1.23. The molecule has 0 unspecified atom stereocenters. The third-order valence-electron chi connectivity index (χ3n) is 8.19. The lowest BCUT2D eigenvalue weighted by atomic mass is 10.1. The number of amides is 4. The number of hydrazone groups is 2. The van der Waals surface area contributed by atoms with Crippen LogP contribution in [0.5, 0.6) is 0 Å². The van der Waals surface area contributed by atoms with Crippen LogP contribution in [0.2, 0.25) is 0 Å². The van der Waals surface area contributed by atoms with Gasteiger partial charge in [-0.05, 0) is 82.9 Å². The molecular formula is C44H42N8O4. The molecule has 56 heavy (non-hydrogen) atoms. The Labute approximate surface area is 325 Å². The summed E-state index contributed by atoms with van der Waals surface area (Å²) in [5, 5.41) is 13.6. The van der Waals surface area contributed by atoms with Crippen LogP contribution >= 0.6 is 0 Å². The Bertz CT molecular complexity index is 2080. The fourth-order valence-corrected chi connectivity index (χ4v) is 5.07. The van der Waals surface area contributed by atoms with Crippen molar-refractivity contribution in [2.75, 3.05) is 38.0 Å². The highest BCUT2D eigenvalue weighted by atomic mass is 16.2. The summed E-state index contributed by atoms with van der Waals surface area (Å²) in [6, 6.07) is 39.2. The number of nitrogens with one attached hydrogen (secondary N) is 4. The van der Waals surface area contributed by atoms with E-state index in [2.05, 4.69) is 31.7 Å². The van der Waals surface area contributed by atoms with Gasteiger partial charge in [-0.1, -0.05) is 84.9 Å². The van der Waals surface area contributed by atoms with Gasteiger partial charge in [-0.25, -0.2) is 10.9 Å². The first kappa shape index (κ1) is 39.6. The lowest BCUT2D eigenvalue weighted by molar-refractivity contribution is -0.118. The van der Waals surface area contributed by atoms with Gasteiger partial charge in [0.2, 0.25) is 0 Å². The molecule has 0 aliphatic carbocycles. The highest BCUT2D eigenvalue weighted by Crippen LogP contribution is 2.16. The lowest BCUT2D eigenvalue weighted by Gasteiger charge is -2.12. The maximum absolute atomic E-state index is 13.2. The first-order valence-corrected chi connectivity index (χ1v) is 17.5. The third kappa shape index (κ3) is 11.7. The van der Waals surface area contributed by atoms with Gasteiger partial charge >= 0.3 is 0 Å². The molecule has 12 nitrogen and oxygen atoms in total. The number of benzene rings is 5. The normalized spacial score (nSPS) is 11.6. The summed E-state index contributed by atoms with van der Waals surface area (Å²) in [5.41, 5.74) is 10.5. The molecule has 0 spiro atoms. The topological polar surface area (TPSA) is 148 Å². The van der Waals surface area contributed by atoms with E-state index in [-0.39, 0.29) is 11.4 Å². The molecule has 4 N–H and O–H groups in total. The molecule has 0 atom stereocenters. The zero-order valence-electron chi connectivity index (χ0n) is 31.4. The van der Waals surface area contributed by atoms with E-state index >= 15 is 0 Å². The van der Waals surface area contributed by atoms with E-state index in [0.717, 1.165) is 11.4 Å². The molecular weight excluding hydrogens is 705 g/mol.